The zero-order valence-electron chi connectivity index (χ0n) is 12.0. The molecule has 0 radical (unpaired) electrons. The Morgan fingerprint density at radius 3 is 3.10 bits per heavy atom. The second kappa shape index (κ2) is 4.96. The minimum absolute atomic E-state index is 0.143. The summed E-state index contributed by atoms with van der Waals surface area (Å²) in [5, 5.41) is 0.860. The van der Waals surface area contributed by atoms with Gasteiger partial charge in [-0.3, -0.25) is 0 Å². The van der Waals surface area contributed by atoms with Gasteiger partial charge in [-0.2, -0.15) is 0 Å². The fraction of sp³-hybridized carbons (Fsp3) is 0.562. The van der Waals surface area contributed by atoms with E-state index in [1.807, 2.05) is 24.0 Å². The third-order valence-corrected chi connectivity index (χ3v) is 5.15. The molecule has 0 unspecified atom stereocenters. The van der Waals surface area contributed by atoms with E-state index in [2.05, 4.69) is 13.0 Å². The topological polar surface area (TPSA) is 29.5 Å². The van der Waals surface area contributed by atoms with Gasteiger partial charge in [0.25, 0.3) is 0 Å². The minimum atomic E-state index is -0.188. The fourth-order valence-corrected chi connectivity index (χ4v) is 3.98. The highest BCUT2D eigenvalue weighted by molar-refractivity contribution is 6.31. The summed E-state index contributed by atoms with van der Waals surface area (Å²) in [5.41, 5.74) is 2.73. The first-order valence-electron chi connectivity index (χ1n) is 7.24. The smallest absolute Gasteiger partial charge is 0.409 e. The number of ether oxygens (including phenoxy) is 1. The zero-order chi connectivity index (χ0) is 14.3. The molecule has 0 spiro atoms. The SMILES string of the molecule is CCOC(=O)N1C[C@H]2c3cccc(Cl)c3CC[C@@]2(C)C1. The third kappa shape index (κ3) is 2.08. The number of benzene rings is 1. The van der Waals surface area contributed by atoms with E-state index in [-0.39, 0.29) is 11.5 Å². The highest BCUT2D eigenvalue weighted by Gasteiger charge is 2.48. The van der Waals surface area contributed by atoms with Gasteiger partial charge in [0.05, 0.1) is 6.61 Å². The van der Waals surface area contributed by atoms with Gasteiger partial charge in [0, 0.05) is 24.0 Å². The number of rotatable bonds is 1. The van der Waals surface area contributed by atoms with Gasteiger partial charge in [0.1, 0.15) is 0 Å². The van der Waals surface area contributed by atoms with Gasteiger partial charge in [-0.25, -0.2) is 4.79 Å². The van der Waals surface area contributed by atoms with Crippen LogP contribution in [-0.2, 0) is 11.2 Å². The van der Waals surface area contributed by atoms with Crippen molar-refractivity contribution in [3.63, 3.8) is 0 Å². The molecule has 1 fully saturated rings. The number of hydrogen-bond donors (Lipinski definition) is 0. The Morgan fingerprint density at radius 1 is 1.55 bits per heavy atom. The molecule has 1 aromatic rings. The molecular formula is C16H20ClNO2. The lowest BCUT2D eigenvalue weighted by Crippen LogP contribution is -2.32. The second-order valence-electron chi connectivity index (χ2n) is 6.09. The van der Waals surface area contributed by atoms with E-state index in [4.69, 9.17) is 16.3 Å². The van der Waals surface area contributed by atoms with Gasteiger partial charge in [-0.05, 0) is 42.4 Å². The van der Waals surface area contributed by atoms with Gasteiger partial charge < -0.3 is 9.64 Å². The van der Waals surface area contributed by atoms with Crippen molar-refractivity contribution < 1.29 is 9.53 Å². The molecule has 0 N–H and O–H groups in total. The van der Waals surface area contributed by atoms with E-state index in [0.717, 1.165) is 31.0 Å². The van der Waals surface area contributed by atoms with E-state index in [1.165, 1.54) is 11.1 Å². The summed E-state index contributed by atoms with van der Waals surface area (Å²) in [7, 11) is 0. The monoisotopic (exact) mass is 293 g/mol. The highest BCUT2D eigenvalue weighted by atomic mass is 35.5. The molecule has 4 heteroatoms. The van der Waals surface area contributed by atoms with E-state index < -0.39 is 0 Å². The predicted molar refractivity (Wildman–Crippen MR) is 79.2 cm³/mol. The van der Waals surface area contributed by atoms with Gasteiger partial charge >= 0.3 is 6.09 Å². The molecule has 1 aliphatic carbocycles. The number of nitrogens with zero attached hydrogens (tertiary/aromatic N) is 1. The molecular weight excluding hydrogens is 274 g/mol. The second-order valence-corrected chi connectivity index (χ2v) is 6.50. The molecule has 0 bridgehead atoms. The Balaban J connectivity index is 1.92. The first-order chi connectivity index (χ1) is 9.55. The number of fused-ring (bicyclic) bond motifs is 3. The standard InChI is InChI=1S/C16H20ClNO2/c1-3-20-15(19)18-9-13-11-5-4-6-14(17)12(11)7-8-16(13,2)10-18/h4-6,13H,3,7-10H2,1-2H3/t13-,16-/m0/s1. The first kappa shape index (κ1) is 13.7. The molecule has 3 nitrogen and oxygen atoms in total. The number of hydrogen-bond acceptors (Lipinski definition) is 2. The van der Waals surface area contributed by atoms with Gasteiger partial charge in [-0.1, -0.05) is 30.7 Å². The summed E-state index contributed by atoms with van der Waals surface area (Å²) < 4.78 is 5.15. The third-order valence-electron chi connectivity index (χ3n) is 4.80. The van der Waals surface area contributed by atoms with Crippen LogP contribution < -0.4 is 0 Å². The summed E-state index contributed by atoms with van der Waals surface area (Å²) in [4.78, 5) is 13.8. The van der Waals surface area contributed by atoms with Crippen molar-refractivity contribution in [2.24, 2.45) is 5.41 Å². The van der Waals surface area contributed by atoms with Crippen molar-refractivity contribution in [3.05, 3.63) is 34.3 Å². The highest BCUT2D eigenvalue weighted by Crippen LogP contribution is 2.51. The molecule has 0 aromatic heterocycles. The van der Waals surface area contributed by atoms with Crippen molar-refractivity contribution in [2.45, 2.75) is 32.6 Å². The maximum atomic E-state index is 12.0. The van der Waals surface area contributed by atoms with Crippen LogP contribution in [0.1, 0.15) is 37.3 Å². The van der Waals surface area contributed by atoms with Crippen LogP contribution in [0.5, 0.6) is 0 Å². The van der Waals surface area contributed by atoms with Crippen LogP contribution in [0.25, 0.3) is 0 Å². The summed E-state index contributed by atoms with van der Waals surface area (Å²) in [6.07, 6.45) is 1.88. The Morgan fingerprint density at radius 2 is 2.35 bits per heavy atom. The van der Waals surface area contributed by atoms with Crippen LogP contribution in [0.3, 0.4) is 0 Å². The Bertz CT molecular complexity index is 545. The summed E-state index contributed by atoms with van der Waals surface area (Å²) >= 11 is 6.32. The van der Waals surface area contributed by atoms with Crippen LogP contribution in [0.2, 0.25) is 5.02 Å². The van der Waals surface area contributed by atoms with Crippen molar-refractivity contribution in [1.29, 1.82) is 0 Å². The van der Waals surface area contributed by atoms with Gasteiger partial charge in [-0.15, -0.1) is 0 Å². The summed E-state index contributed by atoms with van der Waals surface area (Å²) in [5.74, 6) is 0.370. The molecule has 108 valence electrons. The van der Waals surface area contributed by atoms with Gasteiger partial charge in [0.2, 0.25) is 0 Å². The van der Waals surface area contributed by atoms with Crippen molar-refractivity contribution in [1.82, 2.24) is 4.90 Å². The average Bonchev–Trinajstić information content (AvgIpc) is 2.77. The van der Waals surface area contributed by atoms with Crippen LogP contribution in [0.15, 0.2) is 18.2 Å². The van der Waals surface area contributed by atoms with Crippen molar-refractivity contribution in [2.75, 3.05) is 19.7 Å². The van der Waals surface area contributed by atoms with Crippen molar-refractivity contribution in [3.8, 4) is 0 Å². The molecule has 20 heavy (non-hydrogen) atoms. The molecule has 1 aromatic carbocycles. The number of likely N-dealkylation sites (tertiary alicyclic amines) is 1. The largest absolute Gasteiger partial charge is 0.450 e. The lowest BCUT2D eigenvalue weighted by atomic mass is 9.67. The lowest BCUT2D eigenvalue weighted by Gasteiger charge is -2.36. The maximum Gasteiger partial charge on any atom is 0.409 e. The van der Waals surface area contributed by atoms with E-state index in [1.54, 1.807) is 0 Å². The molecule has 2 aliphatic rings. The Labute approximate surface area is 124 Å². The van der Waals surface area contributed by atoms with Crippen LogP contribution >= 0.6 is 11.6 Å². The maximum absolute atomic E-state index is 12.0. The number of carbonyl (C=O) groups is 1. The first-order valence-corrected chi connectivity index (χ1v) is 7.62. The Hall–Kier alpha value is -1.22. The van der Waals surface area contributed by atoms with E-state index in [9.17, 15) is 4.79 Å². The molecule has 1 amide bonds. The molecule has 1 heterocycles. The molecule has 1 saturated heterocycles. The normalized spacial score (nSPS) is 27.9. The summed E-state index contributed by atoms with van der Waals surface area (Å²) in [6.45, 7) is 6.07. The van der Waals surface area contributed by atoms with Crippen LogP contribution in [-0.4, -0.2) is 30.7 Å². The van der Waals surface area contributed by atoms with Crippen LogP contribution in [0, 0.1) is 5.41 Å². The van der Waals surface area contributed by atoms with Gasteiger partial charge in [0.15, 0.2) is 0 Å². The quantitative estimate of drug-likeness (QED) is 0.787. The fourth-order valence-electron chi connectivity index (χ4n) is 3.71. The molecule has 3 rings (SSSR count). The number of halogens is 1. The average molecular weight is 294 g/mol. The predicted octanol–water partition coefficient (Wildman–Crippen LogP) is 3.85. The zero-order valence-corrected chi connectivity index (χ0v) is 12.7. The number of amides is 1. The minimum Gasteiger partial charge on any atom is -0.450 e. The number of carbonyl (C=O) groups excluding carboxylic acids is 1. The lowest BCUT2D eigenvalue weighted by molar-refractivity contribution is 0.111. The summed E-state index contributed by atoms with van der Waals surface area (Å²) in [6, 6.07) is 6.14. The Kier molecular flexibility index (Phi) is 3.41. The molecule has 0 saturated carbocycles. The molecule has 1 aliphatic heterocycles. The van der Waals surface area contributed by atoms with Crippen molar-refractivity contribution >= 4 is 17.7 Å². The van der Waals surface area contributed by atoms with E-state index in [0.29, 0.717) is 12.5 Å². The van der Waals surface area contributed by atoms with Crippen LogP contribution in [0.4, 0.5) is 4.79 Å². The molecule has 2 atom stereocenters. The van der Waals surface area contributed by atoms with E-state index >= 15 is 0 Å².